The van der Waals surface area contributed by atoms with Gasteiger partial charge in [-0.25, -0.2) is 0 Å². The number of nitrogens with zero attached hydrogens (tertiary/aromatic N) is 1. The van der Waals surface area contributed by atoms with Crippen LogP contribution in [0, 0.1) is 6.92 Å². The van der Waals surface area contributed by atoms with Crippen molar-refractivity contribution in [2.45, 2.75) is 45.3 Å². The third-order valence-corrected chi connectivity index (χ3v) is 3.86. The molecule has 0 saturated carbocycles. The number of amides is 1. The van der Waals surface area contributed by atoms with Gasteiger partial charge in [0, 0.05) is 19.1 Å². The lowest BCUT2D eigenvalue weighted by Crippen LogP contribution is -2.48. The van der Waals surface area contributed by atoms with Crippen LogP contribution in [-0.2, 0) is 4.79 Å². The molecule has 4 heteroatoms. The van der Waals surface area contributed by atoms with Gasteiger partial charge in [0.25, 0.3) is 5.91 Å². The molecule has 4 nitrogen and oxygen atoms in total. The fraction of sp³-hybridized carbons (Fsp3) is 0.562. The van der Waals surface area contributed by atoms with E-state index in [0.717, 1.165) is 37.2 Å². The predicted molar refractivity (Wildman–Crippen MR) is 79.7 cm³/mol. The van der Waals surface area contributed by atoms with Crippen LogP contribution in [0.2, 0.25) is 0 Å². The number of likely N-dealkylation sites (tertiary alicyclic amines) is 1. The highest BCUT2D eigenvalue weighted by molar-refractivity contribution is 5.81. The summed E-state index contributed by atoms with van der Waals surface area (Å²) in [4.78, 5) is 14.4. The Balaban J connectivity index is 2.01. The molecule has 1 heterocycles. The van der Waals surface area contributed by atoms with Crippen molar-refractivity contribution in [1.82, 2.24) is 4.90 Å². The van der Waals surface area contributed by atoms with E-state index in [9.17, 15) is 4.79 Å². The summed E-state index contributed by atoms with van der Waals surface area (Å²) in [5, 5.41) is 0. The van der Waals surface area contributed by atoms with Crippen molar-refractivity contribution < 1.29 is 9.53 Å². The van der Waals surface area contributed by atoms with Crippen LogP contribution in [0.4, 0.5) is 0 Å². The molecule has 1 saturated heterocycles. The van der Waals surface area contributed by atoms with Gasteiger partial charge in [-0.15, -0.1) is 0 Å². The molecule has 1 aromatic carbocycles. The molecule has 0 unspecified atom stereocenters. The van der Waals surface area contributed by atoms with Crippen molar-refractivity contribution in [2.24, 2.45) is 5.73 Å². The molecule has 1 fully saturated rings. The second kappa shape index (κ2) is 6.75. The van der Waals surface area contributed by atoms with E-state index in [1.165, 1.54) is 0 Å². The van der Waals surface area contributed by atoms with Crippen LogP contribution in [0.25, 0.3) is 0 Å². The molecule has 0 spiro atoms. The second-order valence-electron chi connectivity index (χ2n) is 5.44. The summed E-state index contributed by atoms with van der Waals surface area (Å²) in [5.74, 6) is 0.879. The van der Waals surface area contributed by atoms with Crippen LogP contribution in [0.15, 0.2) is 24.3 Å². The van der Waals surface area contributed by atoms with Crippen LogP contribution >= 0.6 is 0 Å². The topological polar surface area (TPSA) is 55.6 Å². The first-order valence-corrected chi connectivity index (χ1v) is 7.38. The Kier molecular flexibility index (Phi) is 5.01. The molecule has 2 N–H and O–H groups in total. The van der Waals surface area contributed by atoms with E-state index in [-0.39, 0.29) is 11.9 Å². The number of nitrogens with two attached hydrogens (primary N) is 1. The Hall–Kier alpha value is -1.55. The lowest BCUT2D eigenvalue weighted by molar-refractivity contribution is -0.139. The first kappa shape index (κ1) is 14.9. The molecule has 1 aromatic rings. The number of benzene rings is 1. The largest absolute Gasteiger partial charge is 0.480 e. The molecule has 1 aliphatic rings. The quantitative estimate of drug-likeness (QED) is 0.916. The van der Waals surface area contributed by atoms with Gasteiger partial charge in [0.15, 0.2) is 6.10 Å². The van der Waals surface area contributed by atoms with Gasteiger partial charge >= 0.3 is 0 Å². The van der Waals surface area contributed by atoms with Gasteiger partial charge in [-0.05, 0) is 37.8 Å². The third kappa shape index (κ3) is 3.51. The van der Waals surface area contributed by atoms with E-state index in [1.807, 2.05) is 43.0 Å². The molecule has 0 radical (unpaired) electrons. The van der Waals surface area contributed by atoms with Crippen molar-refractivity contribution >= 4 is 5.91 Å². The molecule has 2 rings (SSSR count). The van der Waals surface area contributed by atoms with Crippen molar-refractivity contribution in [3.8, 4) is 5.75 Å². The van der Waals surface area contributed by atoms with E-state index >= 15 is 0 Å². The highest BCUT2D eigenvalue weighted by atomic mass is 16.5. The standard InChI is InChI=1S/C16H24N2O2/c1-3-14(20-15-7-5-4-6-12(15)2)16(19)18-10-8-13(17)9-11-18/h4-7,13-14H,3,8-11,17H2,1-2H3/t14-/m0/s1. The minimum Gasteiger partial charge on any atom is -0.480 e. The van der Waals surface area contributed by atoms with Crippen molar-refractivity contribution in [3.05, 3.63) is 29.8 Å². The highest BCUT2D eigenvalue weighted by Crippen LogP contribution is 2.20. The molecule has 0 aromatic heterocycles. The van der Waals surface area contributed by atoms with E-state index in [1.54, 1.807) is 0 Å². The van der Waals surface area contributed by atoms with E-state index in [4.69, 9.17) is 10.5 Å². The molecular weight excluding hydrogens is 252 g/mol. The van der Waals surface area contributed by atoms with Crippen LogP contribution in [0.1, 0.15) is 31.7 Å². The Morgan fingerprint density at radius 3 is 2.65 bits per heavy atom. The smallest absolute Gasteiger partial charge is 0.263 e. The Morgan fingerprint density at radius 1 is 1.40 bits per heavy atom. The Bertz CT molecular complexity index is 454. The molecule has 0 bridgehead atoms. The summed E-state index contributed by atoms with van der Waals surface area (Å²) >= 11 is 0. The van der Waals surface area contributed by atoms with Crippen LogP contribution < -0.4 is 10.5 Å². The Labute approximate surface area is 120 Å². The van der Waals surface area contributed by atoms with Crippen LogP contribution in [0.5, 0.6) is 5.75 Å². The van der Waals surface area contributed by atoms with Crippen molar-refractivity contribution in [2.75, 3.05) is 13.1 Å². The Morgan fingerprint density at radius 2 is 2.05 bits per heavy atom. The lowest BCUT2D eigenvalue weighted by atomic mass is 10.1. The fourth-order valence-electron chi connectivity index (χ4n) is 2.47. The van der Waals surface area contributed by atoms with Gasteiger partial charge in [0.2, 0.25) is 0 Å². The van der Waals surface area contributed by atoms with Crippen LogP contribution in [0.3, 0.4) is 0 Å². The molecule has 1 amide bonds. The normalized spacial score (nSPS) is 17.9. The maximum Gasteiger partial charge on any atom is 0.263 e. The molecule has 1 aliphatic heterocycles. The summed E-state index contributed by atoms with van der Waals surface area (Å²) in [6.45, 7) is 5.46. The average Bonchev–Trinajstić information content (AvgIpc) is 2.46. The number of piperidine rings is 1. The number of aryl methyl sites for hydroxylation is 1. The van der Waals surface area contributed by atoms with E-state index < -0.39 is 6.10 Å². The summed E-state index contributed by atoms with van der Waals surface area (Å²) < 4.78 is 5.91. The van der Waals surface area contributed by atoms with Gasteiger partial charge in [-0.3, -0.25) is 4.79 Å². The summed E-state index contributed by atoms with van der Waals surface area (Å²) in [6, 6.07) is 8.04. The van der Waals surface area contributed by atoms with Crippen LogP contribution in [-0.4, -0.2) is 36.0 Å². The highest BCUT2D eigenvalue weighted by Gasteiger charge is 2.27. The zero-order chi connectivity index (χ0) is 14.5. The minimum absolute atomic E-state index is 0.0858. The second-order valence-corrected chi connectivity index (χ2v) is 5.44. The van der Waals surface area contributed by atoms with Crippen molar-refractivity contribution in [1.29, 1.82) is 0 Å². The van der Waals surface area contributed by atoms with E-state index in [0.29, 0.717) is 6.42 Å². The fourth-order valence-corrected chi connectivity index (χ4v) is 2.47. The molecule has 110 valence electrons. The number of para-hydroxylation sites is 1. The monoisotopic (exact) mass is 276 g/mol. The molecule has 20 heavy (non-hydrogen) atoms. The lowest BCUT2D eigenvalue weighted by Gasteiger charge is -2.32. The van der Waals surface area contributed by atoms with Gasteiger partial charge in [0.1, 0.15) is 5.75 Å². The van der Waals surface area contributed by atoms with Gasteiger partial charge < -0.3 is 15.4 Å². The summed E-state index contributed by atoms with van der Waals surface area (Å²) in [6.07, 6.45) is 2.04. The summed E-state index contributed by atoms with van der Waals surface area (Å²) in [7, 11) is 0. The maximum absolute atomic E-state index is 12.5. The first-order chi connectivity index (χ1) is 9.61. The molecule has 1 atom stereocenters. The van der Waals surface area contributed by atoms with Gasteiger partial charge in [-0.1, -0.05) is 25.1 Å². The number of hydrogen-bond acceptors (Lipinski definition) is 3. The van der Waals surface area contributed by atoms with E-state index in [2.05, 4.69) is 0 Å². The minimum atomic E-state index is -0.398. The first-order valence-electron chi connectivity index (χ1n) is 7.38. The SMILES string of the molecule is CC[C@H](Oc1ccccc1C)C(=O)N1CCC(N)CC1. The number of carbonyl (C=O) groups is 1. The van der Waals surface area contributed by atoms with Crippen molar-refractivity contribution in [3.63, 3.8) is 0 Å². The number of rotatable bonds is 4. The molecule has 0 aliphatic carbocycles. The molecular formula is C16H24N2O2. The number of hydrogen-bond donors (Lipinski definition) is 1. The maximum atomic E-state index is 12.5. The van der Waals surface area contributed by atoms with Gasteiger partial charge in [-0.2, -0.15) is 0 Å². The summed E-state index contributed by atoms with van der Waals surface area (Å²) in [5.41, 5.74) is 6.93. The average molecular weight is 276 g/mol. The van der Waals surface area contributed by atoms with Gasteiger partial charge in [0.05, 0.1) is 0 Å². The predicted octanol–water partition coefficient (Wildman–Crippen LogP) is 2.10. The third-order valence-electron chi connectivity index (χ3n) is 3.86. The zero-order valence-corrected chi connectivity index (χ0v) is 12.3. The number of ether oxygens (including phenoxy) is 1. The zero-order valence-electron chi connectivity index (χ0n) is 12.3. The number of carbonyl (C=O) groups excluding carboxylic acids is 1.